The number of amides is 2. The molecule has 1 aliphatic rings. The molecule has 1 unspecified atom stereocenters. The number of carbonyl (C=O) groups is 2. The van der Waals surface area contributed by atoms with Crippen molar-refractivity contribution in [2.45, 2.75) is 18.9 Å². The number of hydrogen-bond acceptors (Lipinski definition) is 4. The van der Waals surface area contributed by atoms with E-state index in [2.05, 4.69) is 15.3 Å². The van der Waals surface area contributed by atoms with E-state index < -0.39 is 5.91 Å². The summed E-state index contributed by atoms with van der Waals surface area (Å²) in [5.74, 6) is -0.567. The zero-order valence-electron chi connectivity index (χ0n) is 16.9. The maximum Gasteiger partial charge on any atom is 0.255 e. The average Bonchev–Trinajstić information content (AvgIpc) is 3.36. The van der Waals surface area contributed by atoms with E-state index in [9.17, 15) is 9.59 Å². The number of benzene rings is 2. The van der Waals surface area contributed by atoms with Crippen LogP contribution in [-0.2, 0) is 13.5 Å². The minimum atomic E-state index is -0.445. The van der Waals surface area contributed by atoms with E-state index >= 15 is 0 Å². The van der Waals surface area contributed by atoms with Crippen LogP contribution in [-0.4, -0.2) is 40.7 Å². The summed E-state index contributed by atoms with van der Waals surface area (Å²) in [6.07, 6.45) is 3.07. The third kappa shape index (κ3) is 4.05. The molecule has 1 aliphatic heterocycles. The molecule has 4 rings (SSSR count). The highest BCUT2D eigenvalue weighted by Crippen LogP contribution is 2.24. The number of primary amides is 1. The number of aryl methyl sites for hydroxylation is 1. The molecule has 7 nitrogen and oxygen atoms in total. The Kier molecular flexibility index (Phi) is 5.52. The van der Waals surface area contributed by atoms with Crippen LogP contribution in [0.1, 0.15) is 38.4 Å². The van der Waals surface area contributed by atoms with Crippen LogP contribution < -0.4 is 16.0 Å². The first-order valence-corrected chi connectivity index (χ1v) is 10.0. The van der Waals surface area contributed by atoms with Crippen LogP contribution in [0.4, 0.5) is 5.69 Å². The lowest BCUT2D eigenvalue weighted by molar-refractivity contribution is 0.0938. The van der Waals surface area contributed by atoms with E-state index in [4.69, 9.17) is 5.73 Å². The highest BCUT2D eigenvalue weighted by molar-refractivity contribution is 5.99. The van der Waals surface area contributed by atoms with Gasteiger partial charge in [-0.15, -0.1) is 0 Å². The minimum Gasteiger partial charge on any atom is -0.369 e. The third-order valence-electron chi connectivity index (χ3n) is 5.55. The minimum absolute atomic E-state index is 0.0109. The molecule has 1 saturated heterocycles. The largest absolute Gasteiger partial charge is 0.369 e. The molecule has 2 amide bonds. The number of aromatic nitrogens is 2. The predicted molar refractivity (Wildman–Crippen MR) is 116 cm³/mol. The Morgan fingerprint density at radius 2 is 1.83 bits per heavy atom. The van der Waals surface area contributed by atoms with E-state index in [-0.39, 0.29) is 11.9 Å². The molecule has 0 spiro atoms. The van der Waals surface area contributed by atoms with Gasteiger partial charge in [-0.25, -0.2) is 0 Å². The summed E-state index contributed by atoms with van der Waals surface area (Å²) < 4.78 is 1.76. The number of carbonyl (C=O) groups excluding carboxylic acids is 2. The molecule has 0 saturated carbocycles. The Hall–Kier alpha value is -3.61. The predicted octanol–water partition coefficient (Wildman–Crippen LogP) is 2.12. The van der Waals surface area contributed by atoms with Crippen molar-refractivity contribution in [3.05, 3.63) is 83.2 Å². The van der Waals surface area contributed by atoms with Crippen LogP contribution >= 0.6 is 0 Å². The summed E-state index contributed by atoms with van der Waals surface area (Å²) >= 11 is 0. The summed E-state index contributed by atoms with van der Waals surface area (Å²) in [5.41, 5.74) is 9.43. The molecular formula is C23H25N5O2. The van der Waals surface area contributed by atoms with Gasteiger partial charge in [-0.1, -0.05) is 42.5 Å². The van der Waals surface area contributed by atoms with Crippen LogP contribution in [0.3, 0.4) is 0 Å². The van der Waals surface area contributed by atoms with Gasteiger partial charge in [0.15, 0.2) is 0 Å². The van der Waals surface area contributed by atoms with Crippen molar-refractivity contribution in [3.8, 4) is 0 Å². The fraction of sp³-hybridized carbons (Fsp3) is 0.261. The molecule has 0 bridgehead atoms. The van der Waals surface area contributed by atoms with Crippen LogP contribution in [0.15, 0.2) is 60.8 Å². The first-order chi connectivity index (χ1) is 14.5. The second-order valence-corrected chi connectivity index (χ2v) is 7.58. The fourth-order valence-corrected chi connectivity index (χ4v) is 3.97. The van der Waals surface area contributed by atoms with Gasteiger partial charge in [-0.3, -0.25) is 14.3 Å². The highest BCUT2D eigenvalue weighted by atomic mass is 16.2. The maximum atomic E-state index is 13.0. The van der Waals surface area contributed by atoms with Crippen LogP contribution in [0.25, 0.3) is 0 Å². The van der Waals surface area contributed by atoms with Gasteiger partial charge < -0.3 is 16.0 Å². The molecule has 30 heavy (non-hydrogen) atoms. The molecule has 2 heterocycles. The van der Waals surface area contributed by atoms with Crippen molar-refractivity contribution >= 4 is 17.5 Å². The first-order valence-electron chi connectivity index (χ1n) is 10.0. The van der Waals surface area contributed by atoms with Crippen LogP contribution in [0.2, 0.25) is 0 Å². The lowest BCUT2D eigenvalue weighted by Crippen LogP contribution is -2.37. The van der Waals surface area contributed by atoms with E-state index in [1.54, 1.807) is 23.0 Å². The molecule has 0 aliphatic carbocycles. The van der Waals surface area contributed by atoms with Gasteiger partial charge in [0.25, 0.3) is 11.8 Å². The van der Waals surface area contributed by atoms with Gasteiger partial charge in [0.2, 0.25) is 0 Å². The van der Waals surface area contributed by atoms with Gasteiger partial charge in [0.1, 0.15) is 0 Å². The first kappa shape index (κ1) is 19.7. The monoisotopic (exact) mass is 403 g/mol. The second-order valence-electron chi connectivity index (χ2n) is 7.58. The Morgan fingerprint density at radius 1 is 1.10 bits per heavy atom. The number of nitrogens with zero attached hydrogens (tertiary/aromatic N) is 3. The summed E-state index contributed by atoms with van der Waals surface area (Å²) in [4.78, 5) is 26.8. The summed E-state index contributed by atoms with van der Waals surface area (Å²) in [7, 11) is 1.85. The van der Waals surface area contributed by atoms with E-state index in [1.165, 1.54) is 0 Å². The molecule has 1 atom stereocenters. The van der Waals surface area contributed by atoms with Crippen molar-refractivity contribution in [3.63, 3.8) is 0 Å². The van der Waals surface area contributed by atoms with Gasteiger partial charge in [-0.2, -0.15) is 5.10 Å². The van der Waals surface area contributed by atoms with Crippen molar-refractivity contribution in [1.29, 1.82) is 0 Å². The Balaban J connectivity index is 1.45. The summed E-state index contributed by atoms with van der Waals surface area (Å²) in [6.45, 7) is 1.38. The standard InChI is InChI=1S/C23H25N5O2/c1-27-21(13-16-7-3-2-4-8-16)19(14-25-27)23(30)26-17-11-12-28(15-17)20-10-6-5-9-18(20)22(24)29/h2-10,14,17H,11-13,15H2,1H3,(H2,24,29)(H,26,30). The topological polar surface area (TPSA) is 93.2 Å². The highest BCUT2D eigenvalue weighted by Gasteiger charge is 2.27. The van der Waals surface area contributed by atoms with Gasteiger partial charge in [0, 0.05) is 38.3 Å². The van der Waals surface area contributed by atoms with E-state index in [0.29, 0.717) is 24.1 Å². The zero-order valence-corrected chi connectivity index (χ0v) is 16.9. The zero-order chi connectivity index (χ0) is 21.1. The normalized spacial score (nSPS) is 15.9. The number of nitrogens with one attached hydrogen (secondary N) is 1. The van der Waals surface area contributed by atoms with Crippen molar-refractivity contribution in [2.75, 3.05) is 18.0 Å². The molecular weight excluding hydrogens is 378 g/mol. The summed E-state index contributed by atoms with van der Waals surface area (Å²) in [5, 5.41) is 7.43. The maximum absolute atomic E-state index is 13.0. The fourth-order valence-electron chi connectivity index (χ4n) is 3.97. The molecule has 2 aromatic carbocycles. The molecule has 154 valence electrons. The van der Waals surface area contributed by atoms with Crippen molar-refractivity contribution in [2.24, 2.45) is 12.8 Å². The number of para-hydroxylation sites is 1. The lowest BCUT2D eigenvalue weighted by Gasteiger charge is -2.21. The molecule has 1 fully saturated rings. The number of nitrogens with two attached hydrogens (primary N) is 1. The molecule has 7 heteroatoms. The Morgan fingerprint density at radius 3 is 2.60 bits per heavy atom. The third-order valence-corrected chi connectivity index (χ3v) is 5.55. The Labute approximate surface area is 175 Å². The summed E-state index contributed by atoms with van der Waals surface area (Å²) in [6, 6.07) is 17.3. The van der Waals surface area contributed by atoms with Gasteiger partial charge >= 0.3 is 0 Å². The SMILES string of the molecule is Cn1ncc(C(=O)NC2CCN(c3ccccc3C(N)=O)C2)c1Cc1ccccc1. The molecule has 3 aromatic rings. The molecule has 3 N–H and O–H groups in total. The number of rotatable bonds is 6. The van der Waals surface area contributed by atoms with Crippen molar-refractivity contribution < 1.29 is 9.59 Å². The second kappa shape index (κ2) is 8.41. The van der Waals surface area contributed by atoms with Crippen molar-refractivity contribution in [1.82, 2.24) is 15.1 Å². The van der Waals surface area contributed by atoms with E-state index in [1.807, 2.05) is 49.5 Å². The number of hydrogen-bond donors (Lipinski definition) is 2. The lowest BCUT2D eigenvalue weighted by atomic mass is 10.1. The van der Waals surface area contributed by atoms with Gasteiger partial charge in [-0.05, 0) is 24.1 Å². The van der Waals surface area contributed by atoms with E-state index in [0.717, 1.165) is 29.9 Å². The average molecular weight is 403 g/mol. The smallest absolute Gasteiger partial charge is 0.255 e. The molecule has 0 radical (unpaired) electrons. The van der Waals surface area contributed by atoms with Crippen LogP contribution in [0.5, 0.6) is 0 Å². The quantitative estimate of drug-likeness (QED) is 0.659. The van der Waals surface area contributed by atoms with Gasteiger partial charge in [0.05, 0.1) is 23.0 Å². The van der Waals surface area contributed by atoms with Crippen LogP contribution in [0, 0.1) is 0 Å². The molecule has 1 aromatic heterocycles. The number of anilines is 1. The Bertz CT molecular complexity index is 1060.